The zero-order chi connectivity index (χ0) is 15.1. The summed E-state index contributed by atoms with van der Waals surface area (Å²) in [5, 5.41) is 0. The quantitative estimate of drug-likeness (QED) is 0.495. The molecule has 4 nitrogen and oxygen atoms in total. The van der Waals surface area contributed by atoms with Crippen LogP contribution in [0.4, 0.5) is 5.69 Å². The summed E-state index contributed by atoms with van der Waals surface area (Å²) in [7, 11) is 0. The van der Waals surface area contributed by atoms with Crippen LogP contribution in [0.1, 0.15) is 49.8 Å². The normalized spacial score (nSPS) is 20.5. The molecule has 1 heterocycles. The van der Waals surface area contributed by atoms with Crippen molar-refractivity contribution in [1.82, 2.24) is 5.43 Å². The molecule has 0 saturated heterocycles. The third-order valence-electron chi connectivity index (χ3n) is 4.46. The SMILES string of the molecule is Cc1cc2c(cc1C)N(CC(=O)NN)C(C)(C)CC2C. The lowest BCUT2D eigenvalue weighted by Gasteiger charge is -2.47. The van der Waals surface area contributed by atoms with Gasteiger partial charge in [-0.3, -0.25) is 10.2 Å². The van der Waals surface area contributed by atoms with E-state index in [0.29, 0.717) is 12.5 Å². The van der Waals surface area contributed by atoms with E-state index in [1.54, 1.807) is 0 Å². The van der Waals surface area contributed by atoms with Gasteiger partial charge in [0.25, 0.3) is 5.91 Å². The van der Waals surface area contributed by atoms with Gasteiger partial charge < -0.3 is 4.90 Å². The lowest BCUT2D eigenvalue weighted by molar-refractivity contribution is -0.120. The summed E-state index contributed by atoms with van der Waals surface area (Å²) in [5.74, 6) is 5.59. The number of nitrogens with two attached hydrogens (primary N) is 1. The third kappa shape index (κ3) is 2.52. The van der Waals surface area contributed by atoms with E-state index in [0.717, 1.165) is 6.42 Å². The Balaban J connectivity index is 2.52. The molecule has 3 N–H and O–H groups in total. The maximum Gasteiger partial charge on any atom is 0.253 e. The van der Waals surface area contributed by atoms with Gasteiger partial charge in [0.05, 0.1) is 6.54 Å². The molecule has 0 aliphatic carbocycles. The molecular weight excluding hydrogens is 250 g/mol. The molecule has 110 valence electrons. The maximum absolute atomic E-state index is 11.7. The van der Waals surface area contributed by atoms with Crippen molar-refractivity contribution in [2.24, 2.45) is 5.84 Å². The molecule has 1 aromatic carbocycles. The molecule has 0 aromatic heterocycles. The predicted molar refractivity (Wildman–Crippen MR) is 82.7 cm³/mol. The van der Waals surface area contributed by atoms with Crippen LogP contribution in [-0.2, 0) is 4.79 Å². The third-order valence-corrected chi connectivity index (χ3v) is 4.46. The fraction of sp³-hybridized carbons (Fsp3) is 0.562. The van der Waals surface area contributed by atoms with E-state index in [2.05, 4.69) is 57.1 Å². The van der Waals surface area contributed by atoms with Crippen LogP contribution in [0.15, 0.2) is 12.1 Å². The summed E-state index contributed by atoms with van der Waals surface area (Å²) in [5.41, 5.74) is 7.24. The van der Waals surface area contributed by atoms with E-state index in [4.69, 9.17) is 5.84 Å². The predicted octanol–water partition coefficient (Wildman–Crippen LogP) is 2.39. The minimum absolute atomic E-state index is 0.0549. The van der Waals surface area contributed by atoms with Crippen molar-refractivity contribution in [1.29, 1.82) is 0 Å². The number of aryl methyl sites for hydroxylation is 2. The van der Waals surface area contributed by atoms with Crippen molar-refractivity contribution < 1.29 is 4.79 Å². The topological polar surface area (TPSA) is 58.4 Å². The van der Waals surface area contributed by atoms with Crippen LogP contribution in [0, 0.1) is 13.8 Å². The Morgan fingerprint density at radius 1 is 1.40 bits per heavy atom. The first-order valence-corrected chi connectivity index (χ1v) is 7.14. The number of hydrazine groups is 1. The smallest absolute Gasteiger partial charge is 0.253 e. The van der Waals surface area contributed by atoms with Crippen molar-refractivity contribution in [3.63, 3.8) is 0 Å². The molecule has 0 radical (unpaired) electrons. The molecular formula is C16H25N3O. The summed E-state index contributed by atoms with van der Waals surface area (Å²) in [6.45, 7) is 11.2. The van der Waals surface area contributed by atoms with Gasteiger partial charge in [0.15, 0.2) is 0 Å². The van der Waals surface area contributed by atoms with E-state index in [9.17, 15) is 4.79 Å². The highest BCUT2D eigenvalue weighted by molar-refractivity contribution is 5.82. The summed E-state index contributed by atoms with van der Waals surface area (Å²) in [6.07, 6.45) is 1.03. The lowest BCUT2D eigenvalue weighted by Crippen LogP contribution is -2.53. The number of benzene rings is 1. The standard InChI is InChI=1S/C16H25N3O/c1-10-6-13-12(3)8-16(4,5)19(9-15(20)18-17)14(13)7-11(10)2/h6-7,12H,8-9,17H2,1-5H3,(H,18,20). The number of nitrogens with one attached hydrogen (secondary N) is 1. The van der Waals surface area contributed by atoms with Gasteiger partial charge in [0.2, 0.25) is 0 Å². The average Bonchev–Trinajstić information content (AvgIpc) is 2.36. The van der Waals surface area contributed by atoms with Crippen LogP contribution in [0.25, 0.3) is 0 Å². The van der Waals surface area contributed by atoms with Crippen LogP contribution < -0.4 is 16.2 Å². The van der Waals surface area contributed by atoms with E-state index < -0.39 is 0 Å². The average molecular weight is 275 g/mol. The van der Waals surface area contributed by atoms with Gasteiger partial charge in [-0.25, -0.2) is 5.84 Å². The minimum atomic E-state index is -0.156. The Kier molecular flexibility index (Phi) is 3.78. The molecule has 0 bridgehead atoms. The minimum Gasteiger partial charge on any atom is -0.357 e. The van der Waals surface area contributed by atoms with Gasteiger partial charge >= 0.3 is 0 Å². The molecule has 1 atom stereocenters. The number of nitrogens with zero attached hydrogens (tertiary/aromatic N) is 1. The van der Waals surface area contributed by atoms with E-state index in [1.165, 1.54) is 22.4 Å². The highest BCUT2D eigenvalue weighted by Gasteiger charge is 2.37. The molecule has 0 spiro atoms. The van der Waals surface area contributed by atoms with Crippen LogP contribution in [0.5, 0.6) is 0 Å². The first kappa shape index (κ1) is 14.9. The zero-order valence-corrected chi connectivity index (χ0v) is 13.1. The Morgan fingerprint density at radius 2 is 2.00 bits per heavy atom. The summed E-state index contributed by atoms with van der Waals surface area (Å²) in [6, 6.07) is 4.46. The largest absolute Gasteiger partial charge is 0.357 e. The van der Waals surface area contributed by atoms with Gasteiger partial charge in [-0.15, -0.1) is 0 Å². The number of hydrogen-bond acceptors (Lipinski definition) is 3. The second-order valence-corrected chi connectivity index (χ2v) is 6.57. The van der Waals surface area contributed by atoms with Crippen LogP contribution in [-0.4, -0.2) is 18.0 Å². The van der Waals surface area contributed by atoms with E-state index in [1.807, 2.05) is 0 Å². The molecule has 2 rings (SSSR count). The van der Waals surface area contributed by atoms with E-state index >= 15 is 0 Å². The Hall–Kier alpha value is -1.55. The van der Waals surface area contributed by atoms with Crippen molar-refractivity contribution in [2.45, 2.75) is 52.5 Å². The lowest BCUT2D eigenvalue weighted by atomic mass is 9.79. The van der Waals surface area contributed by atoms with Crippen LogP contribution in [0.2, 0.25) is 0 Å². The number of amides is 1. The fourth-order valence-corrected chi connectivity index (χ4v) is 3.24. The van der Waals surface area contributed by atoms with Gasteiger partial charge in [-0.05, 0) is 62.8 Å². The van der Waals surface area contributed by atoms with Crippen molar-refractivity contribution >= 4 is 11.6 Å². The molecule has 0 saturated carbocycles. The fourth-order valence-electron chi connectivity index (χ4n) is 3.24. The van der Waals surface area contributed by atoms with Gasteiger partial charge in [0.1, 0.15) is 0 Å². The van der Waals surface area contributed by atoms with Crippen molar-refractivity contribution in [2.75, 3.05) is 11.4 Å². The van der Waals surface area contributed by atoms with Crippen molar-refractivity contribution in [3.05, 3.63) is 28.8 Å². The highest BCUT2D eigenvalue weighted by atomic mass is 16.2. The Bertz CT molecular complexity index is 537. The number of carbonyl (C=O) groups is 1. The van der Waals surface area contributed by atoms with E-state index in [-0.39, 0.29) is 11.4 Å². The van der Waals surface area contributed by atoms with Crippen molar-refractivity contribution in [3.8, 4) is 0 Å². The van der Waals surface area contributed by atoms with Gasteiger partial charge in [0, 0.05) is 11.2 Å². The Labute approximate surface area is 121 Å². The van der Waals surface area contributed by atoms with Crippen LogP contribution in [0.3, 0.4) is 0 Å². The number of fused-ring (bicyclic) bond motifs is 1. The summed E-state index contributed by atoms with van der Waals surface area (Å²) in [4.78, 5) is 13.9. The molecule has 0 fully saturated rings. The number of hydrogen-bond donors (Lipinski definition) is 2. The maximum atomic E-state index is 11.7. The molecule has 1 amide bonds. The summed E-state index contributed by atoms with van der Waals surface area (Å²) >= 11 is 0. The van der Waals surface area contributed by atoms with Crippen LogP contribution >= 0.6 is 0 Å². The Morgan fingerprint density at radius 3 is 2.60 bits per heavy atom. The number of anilines is 1. The van der Waals surface area contributed by atoms with Gasteiger partial charge in [-0.1, -0.05) is 13.0 Å². The summed E-state index contributed by atoms with van der Waals surface area (Å²) < 4.78 is 0. The zero-order valence-electron chi connectivity index (χ0n) is 13.1. The highest BCUT2D eigenvalue weighted by Crippen LogP contribution is 2.44. The molecule has 20 heavy (non-hydrogen) atoms. The second-order valence-electron chi connectivity index (χ2n) is 6.57. The first-order valence-electron chi connectivity index (χ1n) is 7.14. The number of rotatable bonds is 2. The second kappa shape index (κ2) is 5.09. The molecule has 4 heteroatoms. The first-order chi connectivity index (χ1) is 9.26. The number of carbonyl (C=O) groups excluding carboxylic acids is 1. The molecule has 1 aliphatic rings. The molecule has 1 aromatic rings. The van der Waals surface area contributed by atoms with Gasteiger partial charge in [-0.2, -0.15) is 0 Å². The molecule has 1 unspecified atom stereocenters. The monoisotopic (exact) mass is 275 g/mol. The molecule has 1 aliphatic heterocycles.